The van der Waals surface area contributed by atoms with Crippen LogP contribution in [0.3, 0.4) is 0 Å². The number of furan rings is 1. The highest BCUT2D eigenvalue weighted by atomic mass is 16.5. The minimum Gasteiger partial charge on any atom is -0.496 e. The van der Waals surface area contributed by atoms with Crippen LogP contribution in [0, 0.1) is 19.8 Å². The molecule has 1 amide bonds. The molecule has 1 N–H and O–H groups in total. The van der Waals surface area contributed by atoms with Crippen LogP contribution in [0.4, 0.5) is 5.82 Å². The number of hydrogen-bond donors (Lipinski definition) is 1. The topological polar surface area (TPSA) is 80.5 Å². The number of nitrogens with one attached hydrogen (secondary N) is 1. The third-order valence-electron chi connectivity index (χ3n) is 5.92. The number of rotatable bonds is 6. The van der Waals surface area contributed by atoms with Crippen molar-refractivity contribution in [1.82, 2.24) is 15.3 Å². The van der Waals surface area contributed by atoms with Gasteiger partial charge in [0.15, 0.2) is 0 Å². The third-order valence-corrected chi connectivity index (χ3v) is 5.92. The second-order valence-corrected chi connectivity index (χ2v) is 7.80. The van der Waals surface area contributed by atoms with E-state index >= 15 is 0 Å². The van der Waals surface area contributed by atoms with Crippen LogP contribution in [-0.4, -0.2) is 42.6 Å². The summed E-state index contributed by atoms with van der Waals surface area (Å²) < 4.78 is 11.1. The molecule has 0 spiro atoms. The standard InChI is InChI=1S/C23H28N4O3/c1-15-16(2)30-23-20(15)21(25-14-26-23)27-12-6-8-18(13-27)22(28)24-11-10-17-7-4-5-9-19(17)29-3/h4-5,7,9,14,18H,6,8,10-13H2,1-3H3,(H,24,28). The molecule has 7 heteroatoms. The molecule has 4 rings (SSSR count). The molecule has 1 atom stereocenters. The predicted molar refractivity (Wildman–Crippen MR) is 116 cm³/mol. The van der Waals surface area contributed by atoms with Crippen molar-refractivity contribution in [2.75, 3.05) is 31.6 Å². The molecule has 3 aromatic rings. The maximum absolute atomic E-state index is 12.8. The van der Waals surface area contributed by atoms with E-state index in [2.05, 4.69) is 20.2 Å². The van der Waals surface area contributed by atoms with Gasteiger partial charge in [0.2, 0.25) is 11.6 Å². The molecule has 1 unspecified atom stereocenters. The number of ether oxygens (including phenoxy) is 1. The van der Waals surface area contributed by atoms with Crippen molar-refractivity contribution in [3.63, 3.8) is 0 Å². The molecule has 0 aliphatic carbocycles. The zero-order valence-electron chi connectivity index (χ0n) is 17.8. The van der Waals surface area contributed by atoms with Gasteiger partial charge in [0, 0.05) is 25.2 Å². The van der Waals surface area contributed by atoms with Crippen molar-refractivity contribution in [2.24, 2.45) is 5.92 Å². The summed E-state index contributed by atoms with van der Waals surface area (Å²) in [6, 6.07) is 7.91. The normalized spacial score (nSPS) is 16.6. The Bertz CT molecular complexity index is 1050. The van der Waals surface area contributed by atoms with Gasteiger partial charge in [-0.05, 0) is 44.7 Å². The highest BCUT2D eigenvalue weighted by molar-refractivity contribution is 5.90. The molecular formula is C23H28N4O3. The molecule has 7 nitrogen and oxygen atoms in total. The molecule has 1 aromatic carbocycles. The van der Waals surface area contributed by atoms with Crippen LogP contribution in [0.2, 0.25) is 0 Å². The number of nitrogens with zero attached hydrogens (tertiary/aromatic N) is 3. The average molecular weight is 409 g/mol. The predicted octanol–water partition coefficient (Wildman–Crippen LogP) is 3.42. The minimum atomic E-state index is -0.0604. The Kier molecular flexibility index (Phi) is 5.88. The lowest BCUT2D eigenvalue weighted by molar-refractivity contribution is -0.125. The van der Waals surface area contributed by atoms with Crippen molar-refractivity contribution < 1.29 is 13.9 Å². The summed E-state index contributed by atoms with van der Waals surface area (Å²) in [7, 11) is 1.67. The van der Waals surface area contributed by atoms with Gasteiger partial charge in [0.05, 0.1) is 18.4 Å². The second-order valence-electron chi connectivity index (χ2n) is 7.80. The van der Waals surface area contributed by atoms with Gasteiger partial charge in [-0.15, -0.1) is 0 Å². The summed E-state index contributed by atoms with van der Waals surface area (Å²) >= 11 is 0. The fraction of sp³-hybridized carbons (Fsp3) is 0.435. The summed E-state index contributed by atoms with van der Waals surface area (Å²) in [5.74, 6) is 2.61. The fourth-order valence-electron chi connectivity index (χ4n) is 4.16. The molecule has 3 heterocycles. The van der Waals surface area contributed by atoms with Crippen molar-refractivity contribution in [3.8, 4) is 5.75 Å². The van der Waals surface area contributed by atoms with Crippen LogP contribution in [-0.2, 0) is 11.2 Å². The van der Waals surface area contributed by atoms with E-state index in [1.165, 1.54) is 6.33 Å². The largest absolute Gasteiger partial charge is 0.496 e. The lowest BCUT2D eigenvalue weighted by Gasteiger charge is -2.33. The van der Waals surface area contributed by atoms with Crippen LogP contribution in [0.1, 0.15) is 29.7 Å². The number of anilines is 1. The number of methoxy groups -OCH3 is 1. The van der Waals surface area contributed by atoms with E-state index in [0.29, 0.717) is 18.8 Å². The molecule has 158 valence electrons. The van der Waals surface area contributed by atoms with Crippen LogP contribution in [0.25, 0.3) is 11.1 Å². The minimum absolute atomic E-state index is 0.0604. The third kappa shape index (κ3) is 3.97. The van der Waals surface area contributed by atoms with E-state index in [4.69, 9.17) is 9.15 Å². The van der Waals surface area contributed by atoms with Crippen molar-refractivity contribution in [2.45, 2.75) is 33.1 Å². The van der Waals surface area contributed by atoms with Gasteiger partial charge in [0.1, 0.15) is 23.7 Å². The first kappa shape index (κ1) is 20.2. The number of hydrogen-bond acceptors (Lipinski definition) is 6. The average Bonchev–Trinajstić information content (AvgIpc) is 3.07. The number of aryl methyl sites for hydroxylation is 2. The second kappa shape index (κ2) is 8.73. The number of carbonyl (C=O) groups excluding carboxylic acids is 1. The molecule has 0 radical (unpaired) electrons. The highest BCUT2D eigenvalue weighted by Gasteiger charge is 2.28. The van der Waals surface area contributed by atoms with Gasteiger partial charge in [-0.2, -0.15) is 0 Å². The Balaban J connectivity index is 1.41. The molecule has 30 heavy (non-hydrogen) atoms. The Hall–Kier alpha value is -3.09. The number of amides is 1. The quantitative estimate of drug-likeness (QED) is 0.673. The van der Waals surface area contributed by atoms with E-state index in [-0.39, 0.29) is 11.8 Å². The van der Waals surface area contributed by atoms with Gasteiger partial charge in [-0.25, -0.2) is 9.97 Å². The number of benzene rings is 1. The van der Waals surface area contributed by atoms with E-state index < -0.39 is 0 Å². The van der Waals surface area contributed by atoms with Gasteiger partial charge < -0.3 is 19.4 Å². The van der Waals surface area contributed by atoms with Crippen LogP contribution >= 0.6 is 0 Å². The maximum Gasteiger partial charge on any atom is 0.231 e. The number of carbonyl (C=O) groups is 1. The van der Waals surface area contributed by atoms with E-state index in [1.54, 1.807) is 7.11 Å². The van der Waals surface area contributed by atoms with Crippen LogP contribution < -0.4 is 15.0 Å². The van der Waals surface area contributed by atoms with Gasteiger partial charge in [-0.3, -0.25) is 4.79 Å². The molecule has 1 saturated heterocycles. The summed E-state index contributed by atoms with van der Waals surface area (Å²) in [6.07, 6.45) is 4.11. The van der Waals surface area contributed by atoms with Crippen molar-refractivity contribution >= 4 is 22.8 Å². The highest BCUT2D eigenvalue weighted by Crippen LogP contribution is 2.32. The summed E-state index contributed by atoms with van der Waals surface area (Å²) in [6.45, 7) is 6.08. The summed E-state index contributed by atoms with van der Waals surface area (Å²) in [5, 5.41) is 4.06. The molecule has 1 fully saturated rings. The molecule has 0 bridgehead atoms. The van der Waals surface area contributed by atoms with E-state index in [0.717, 1.165) is 59.6 Å². The molecule has 0 saturated carbocycles. The Labute approximate surface area is 176 Å². The first-order valence-corrected chi connectivity index (χ1v) is 10.4. The smallest absolute Gasteiger partial charge is 0.231 e. The van der Waals surface area contributed by atoms with Gasteiger partial charge >= 0.3 is 0 Å². The summed E-state index contributed by atoms with van der Waals surface area (Å²) in [5.41, 5.74) is 2.77. The van der Waals surface area contributed by atoms with Gasteiger partial charge in [-0.1, -0.05) is 18.2 Å². The fourth-order valence-corrected chi connectivity index (χ4v) is 4.16. The monoisotopic (exact) mass is 408 g/mol. The molecular weight excluding hydrogens is 380 g/mol. The zero-order chi connectivity index (χ0) is 21.1. The summed E-state index contributed by atoms with van der Waals surface area (Å²) in [4.78, 5) is 23.8. The first-order valence-electron chi connectivity index (χ1n) is 10.4. The van der Waals surface area contributed by atoms with Gasteiger partial charge in [0.25, 0.3) is 0 Å². The van der Waals surface area contributed by atoms with Crippen molar-refractivity contribution in [3.05, 3.63) is 47.5 Å². The molecule has 1 aliphatic heterocycles. The number of aromatic nitrogens is 2. The lowest BCUT2D eigenvalue weighted by Crippen LogP contribution is -2.43. The first-order chi connectivity index (χ1) is 14.6. The maximum atomic E-state index is 12.8. The molecule has 2 aromatic heterocycles. The number of fused-ring (bicyclic) bond motifs is 1. The Morgan fingerprint density at radius 2 is 2.13 bits per heavy atom. The number of para-hydroxylation sites is 1. The van der Waals surface area contributed by atoms with Crippen LogP contribution in [0.5, 0.6) is 5.75 Å². The lowest BCUT2D eigenvalue weighted by atomic mass is 9.96. The molecule has 1 aliphatic rings. The zero-order valence-corrected chi connectivity index (χ0v) is 17.8. The van der Waals surface area contributed by atoms with Crippen LogP contribution in [0.15, 0.2) is 35.0 Å². The van der Waals surface area contributed by atoms with E-state index in [1.807, 2.05) is 38.1 Å². The SMILES string of the molecule is COc1ccccc1CCNC(=O)C1CCCN(c2ncnc3oc(C)c(C)c23)C1. The Morgan fingerprint density at radius 1 is 1.30 bits per heavy atom. The Morgan fingerprint density at radius 3 is 2.97 bits per heavy atom. The van der Waals surface area contributed by atoms with Crippen molar-refractivity contribution in [1.29, 1.82) is 0 Å². The number of piperidine rings is 1. The van der Waals surface area contributed by atoms with E-state index in [9.17, 15) is 4.79 Å².